The summed E-state index contributed by atoms with van der Waals surface area (Å²) in [6, 6.07) is 16.8. The number of nitrogens with zero attached hydrogens (tertiary/aromatic N) is 5. The van der Waals surface area contributed by atoms with Crippen LogP contribution in [0.4, 0.5) is 21.8 Å². The molecule has 1 amide bonds. The van der Waals surface area contributed by atoms with E-state index in [9.17, 15) is 9.18 Å². The molecule has 0 aliphatic heterocycles. The van der Waals surface area contributed by atoms with E-state index in [1.165, 1.54) is 16.8 Å². The smallest absolute Gasteiger partial charge is 0.269 e. The van der Waals surface area contributed by atoms with Crippen LogP contribution in [0.1, 0.15) is 10.5 Å². The highest BCUT2D eigenvalue weighted by Crippen LogP contribution is 2.19. The van der Waals surface area contributed by atoms with E-state index >= 15 is 0 Å². The Kier molecular flexibility index (Phi) is 6.30. The van der Waals surface area contributed by atoms with Crippen LogP contribution in [0, 0.1) is 5.82 Å². The number of aromatic nitrogens is 5. The second kappa shape index (κ2) is 9.65. The number of pyridine rings is 1. The van der Waals surface area contributed by atoms with Gasteiger partial charge in [-0.25, -0.2) is 9.37 Å². The lowest BCUT2D eigenvalue weighted by atomic mass is 10.1. The monoisotopic (exact) mass is 432 g/mol. The van der Waals surface area contributed by atoms with Crippen LogP contribution in [0.3, 0.4) is 0 Å². The Morgan fingerprint density at radius 2 is 1.75 bits per heavy atom. The molecule has 0 fully saturated rings. The fourth-order valence-electron chi connectivity index (χ4n) is 2.96. The van der Waals surface area contributed by atoms with E-state index in [2.05, 4.69) is 36.2 Å². The van der Waals surface area contributed by atoms with Crippen LogP contribution in [0.15, 0.2) is 66.9 Å². The molecule has 0 unspecified atom stereocenters. The van der Waals surface area contributed by atoms with Gasteiger partial charge in [-0.15, -0.1) is 10.2 Å². The van der Waals surface area contributed by atoms with Crippen LogP contribution in [-0.4, -0.2) is 44.0 Å². The molecule has 32 heavy (non-hydrogen) atoms. The Balaban J connectivity index is 1.26. The molecule has 0 aliphatic carbocycles. The highest BCUT2D eigenvalue weighted by Gasteiger charge is 2.14. The number of hydrogen-bond acceptors (Lipinski definition) is 7. The van der Waals surface area contributed by atoms with Gasteiger partial charge in [-0.05, 0) is 54.6 Å². The summed E-state index contributed by atoms with van der Waals surface area (Å²) in [7, 11) is 1.69. The average Bonchev–Trinajstić information content (AvgIpc) is 3.20. The van der Waals surface area contributed by atoms with Crippen molar-refractivity contribution < 1.29 is 9.18 Å². The fourth-order valence-corrected chi connectivity index (χ4v) is 2.96. The summed E-state index contributed by atoms with van der Waals surface area (Å²) >= 11 is 0. The van der Waals surface area contributed by atoms with E-state index in [0.29, 0.717) is 41.9 Å². The number of carbonyl (C=O) groups is 1. The molecule has 9 nitrogen and oxygen atoms in total. The van der Waals surface area contributed by atoms with E-state index in [4.69, 9.17) is 0 Å². The number of benzene rings is 1. The minimum absolute atomic E-state index is 0.254. The molecule has 4 aromatic rings. The zero-order valence-corrected chi connectivity index (χ0v) is 17.3. The lowest BCUT2D eigenvalue weighted by molar-refractivity contribution is 0.0946. The zero-order chi connectivity index (χ0) is 22.3. The molecule has 0 atom stereocenters. The van der Waals surface area contributed by atoms with Gasteiger partial charge in [0, 0.05) is 31.9 Å². The number of anilines is 3. The molecule has 3 N–H and O–H groups in total. The maximum Gasteiger partial charge on any atom is 0.269 e. The second-order valence-electron chi connectivity index (χ2n) is 6.87. The van der Waals surface area contributed by atoms with Gasteiger partial charge in [0.05, 0.1) is 5.69 Å². The number of aryl methyl sites for hydroxylation is 1. The molecule has 0 radical (unpaired) electrons. The molecule has 0 saturated heterocycles. The van der Waals surface area contributed by atoms with Gasteiger partial charge < -0.3 is 16.0 Å². The first-order chi connectivity index (χ1) is 15.6. The van der Waals surface area contributed by atoms with E-state index in [-0.39, 0.29) is 11.7 Å². The topological polar surface area (TPSA) is 110 Å². The van der Waals surface area contributed by atoms with Gasteiger partial charge >= 0.3 is 0 Å². The maximum absolute atomic E-state index is 13.1. The molecule has 10 heteroatoms. The highest BCUT2D eigenvalue weighted by atomic mass is 19.1. The molecule has 1 aromatic carbocycles. The summed E-state index contributed by atoms with van der Waals surface area (Å²) in [5, 5.41) is 21.5. The quantitative estimate of drug-likeness (QED) is 0.367. The van der Waals surface area contributed by atoms with Gasteiger partial charge in [0.25, 0.3) is 5.91 Å². The highest BCUT2D eigenvalue weighted by molar-refractivity contribution is 5.93. The third-order valence-corrected chi connectivity index (χ3v) is 4.55. The first-order valence-corrected chi connectivity index (χ1v) is 9.92. The molecule has 0 saturated carbocycles. The summed E-state index contributed by atoms with van der Waals surface area (Å²) in [5.41, 5.74) is 1.75. The van der Waals surface area contributed by atoms with Crippen molar-refractivity contribution in [3.63, 3.8) is 0 Å². The fraction of sp³-hybridized carbons (Fsp3) is 0.136. The summed E-state index contributed by atoms with van der Waals surface area (Å²) in [6.07, 6.45) is 1.69. The van der Waals surface area contributed by atoms with Gasteiger partial charge in [-0.3, -0.25) is 9.48 Å². The Bertz CT molecular complexity index is 1180. The Hall–Kier alpha value is -4.34. The first-order valence-electron chi connectivity index (χ1n) is 9.92. The van der Waals surface area contributed by atoms with E-state index in [1.807, 2.05) is 18.2 Å². The lowest BCUT2D eigenvalue weighted by Crippen LogP contribution is -2.30. The van der Waals surface area contributed by atoms with Crippen molar-refractivity contribution >= 4 is 23.4 Å². The number of rotatable bonds is 8. The minimum Gasteiger partial charge on any atom is -0.367 e. The Labute approximate surface area is 183 Å². The van der Waals surface area contributed by atoms with Crippen molar-refractivity contribution in [3.8, 4) is 11.3 Å². The second-order valence-corrected chi connectivity index (χ2v) is 6.87. The van der Waals surface area contributed by atoms with E-state index in [1.54, 1.807) is 43.6 Å². The average molecular weight is 432 g/mol. The van der Waals surface area contributed by atoms with Crippen molar-refractivity contribution in [2.75, 3.05) is 23.7 Å². The number of carbonyl (C=O) groups excluding carboxylic acids is 1. The third-order valence-electron chi connectivity index (χ3n) is 4.55. The molecule has 4 rings (SSSR count). The number of halogens is 1. The summed E-state index contributed by atoms with van der Waals surface area (Å²) < 4.78 is 14.6. The van der Waals surface area contributed by atoms with Crippen molar-refractivity contribution in [2.24, 2.45) is 7.05 Å². The van der Waals surface area contributed by atoms with Gasteiger partial charge in [0.1, 0.15) is 23.1 Å². The molecule has 3 aromatic heterocycles. The maximum atomic E-state index is 13.1. The summed E-state index contributed by atoms with van der Waals surface area (Å²) in [4.78, 5) is 16.7. The minimum atomic E-state index is -0.320. The Morgan fingerprint density at radius 3 is 2.47 bits per heavy atom. The Morgan fingerprint density at radius 1 is 0.969 bits per heavy atom. The standard InChI is InChI=1S/C22H21FN8O/c1-31-18(14-17(30-31)15-5-7-16(23)8-6-15)22(32)26-13-12-25-20-9-10-21(29-28-20)27-19-4-2-3-11-24-19/h2-11,14H,12-13H2,1H3,(H,25,28)(H,26,32)(H,24,27,29). The van der Waals surface area contributed by atoms with Crippen LogP contribution in [0.5, 0.6) is 0 Å². The molecule has 0 bridgehead atoms. The lowest BCUT2D eigenvalue weighted by Gasteiger charge is -2.08. The van der Waals surface area contributed by atoms with Crippen LogP contribution in [0.25, 0.3) is 11.3 Å². The number of nitrogens with one attached hydrogen (secondary N) is 3. The van der Waals surface area contributed by atoms with Gasteiger partial charge in [-0.2, -0.15) is 5.10 Å². The predicted molar refractivity (Wildman–Crippen MR) is 119 cm³/mol. The van der Waals surface area contributed by atoms with Crippen molar-refractivity contribution in [2.45, 2.75) is 0 Å². The first kappa shape index (κ1) is 20.9. The van der Waals surface area contributed by atoms with Gasteiger partial charge in [0.2, 0.25) is 0 Å². The molecular formula is C22H21FN8O. The summed E-state index contributed by atoms with van der Waals surface area (Å²) in [5.74, 6) is 1.28. The van der Waals surface area contributed by atoms with E-state index in [0.717, 1.165) is 5.56 Å². The van der Waals surface area contributed by atoms with Crippen molar-refractivity contribution in [1.82, 2.24) is 30.3 Å². The van der Waals surface area contributed by atoms with Crippen molar-refractivity contribution in [1.29, 1.82) is 0 Å². The number of amides is 1. The zero-order valence-electron chi connectivity index (χ0n) is 17.3. The molecule has 3 heterocycles. The van der Waals surface area contributed by atoms with Crippen LogP contribution < -0.4 is 16.0 Å². The molecule has 0 aliphatic rings. The molecule has 162 valence electrons. The van der Waals surface area contributed by atoms with Crippen LogP contribution in [-0.2, 0) is 7.05 Å². The van der Waals surface area contributed by atoms with E-state index < -0.39 is 0 Å². The third kappa shape index (κ3) is 5.22. The largest absolute Gasteiger partial charge is 0.367 e. The van der Waals surface area contributed by atoms with Crippen molar-refractivity contribution in [3.05, 3.63) is 78.4 Å². The normalized spacial score (nSPS) is 10.6. The number of hydrogen-bond donors (Lipinski definition) is 3. The predicted octanol–water partition coefficient (Wildman–Crippen LogP) is 3.00. The summed E-state index contributed by atoms with van der Waals surface area (Å²) in [6.45, 7) is 0.849. The molecular weight excluding hydrogens is 411 g/mol. The van der Waals surface area contributed by atoms with Gasteiger partial charge in [-0.1, -0.05) is 6.07 Å². The molecule has 0 spiro atoms. The van der Waals surface area contributed by atoms with Gasteiger partial charge in [0.15, 0.2) is 5.82 Å². The van der Waals surface area contributed by atoms with Crippen LogP contribution in [0.2, 0.25) is 0 Å². The van der Waals surface area contributed by atoms with Crippen LogP contribution >= 0.6 is 0 Å². The SMILES string of the molecule is Cn1nc(-c2ccc(F)cc2)cc1C(=O)NCCNc1ccc(Nc2ccccn2)nn1.